The summed E-state index contributed by atoms with van der Waals surface area (Å²) in [7, 11) is 1.84. The van der Waals surface area contributed by atoms with Gasteiger partial charge in [-0.3, -0.25) is 4.79 Å². The highest BCUT2D eigenvalue weighted by molar-refractivity contribution is 5.99. The number of aryl methyl sites for hydroxylation is 1. The number of nitrogens with one attached hydrogen (secondary N) is 2. The number of rotatable bonds is 6. The van der Waals surface area contributed by atoms with Crippen LogP contribution in [0, 0.1) is 12.8 Å². The number of carbonyl (C=O) groups excluding carboxylic acids is 1. The molecule has 1 aromatic carbocycles. The highest BCUT2D eigenvalue weighted by Crippen LogP contribution is 2.18. The van der Waals surface area contributed by atoms with E-state index in [1.165, 1.54) is 0 Å². The van der Waals surface area contributed by atoms with E-state index in [0.29, 0.717) is 5.92 Å². The number of hydrogen-bond donors (Lipinski definition) is 2. The molecule has 1 rings (SSSR count). The molecule has 2 N–H and O–H groups in total. The van der Waals surface area contributed by atoms with Gasteiger partial charge in [-0.1, -0.05) is 38.3 Å². The van der Waals surface area contributed by atoms with Crippen molar-refractivity contribution in [3.63, 3.8) is 0 Å². The Bertz CT molecular complexity index is 425. The van der Waals surface area contributed by atoms with E-state index in [1.54, 1.807) is 0 Å². The van der Waals surface area contributed by atoms with Crippen molar-refractivity contribution < 1.29 is 4.79 Å². The van der Waals surface area contributed by atoms with Crippen LogP contribution in [0.1, 0.15) is 49.5 Å². The van der Waals surface area contributed by atoms with E-state index in [1.807, 2.05) is 32.2 Å². The average molecular weight is 262 g/mol. The summed E-state index contributed by atoms with van der Waals surface area (Å²) in [4.78, 5) is 12.4. The Labute approximate surface area is 116 Å². The summed E-state index contributed by atoms with van der Waals surface area (Å²) in [5.74, 6) is 0.541. The zero-order valence-electron chi connectivity index (χ0n) is 12.7. The van der Waals surface area contributed by atoms with Crippen LogP contribution in [-0.2, 0) is 0 Å². The van der Waals surface area contributed by atoms with Crippen molar-refractivity contribution in [1.29, 1.82) is 0 Å². The molecule has 0 radical (unpaired) electrons. The largest absolute Gasteiger partial charge is 0.387 e. The van der Waals surface area contributed by atoms with Gasteiger partial charge < -0.3 is 10.6 Å². The first-order chi connectivity index (χ1) is 9.03. The van der Waals surface area contributed by atoms with E-state index < -0.39 is 0 Å². The van der Waals surface area contributed by atoms with Crippen LogP contribution in [0.15, 0.2) is 18.2 Å². The molecule has 3 heteroatoms. The molecule has 1 amide bonds. The van der Waals surface area contributed by atoms with Crippen molar-refractivity contribution in [3.8, 4) is 0 Å². The second-order valence-corrected chi connectivity index (χ2v) is 5.14. The molecule has 1 unspecified atom stereocenters. The van der Waals surface area contributed by atoms with Crippen molar-refractivity contribution >= 4 is 11.6 Å². The molecule has 0 aliphatic carbocycles. The van der Waals surface area contributed by atoms with Crippen LogP contribution in [0.2, 0.25) is 0 Å². The monoisotopic (exact) mass is 262 g/mol. The summed E-state index contributed by atoms with van der Waals surface area (Å²) >= 11 is 0. The number of benzene rings is 1. The number of anilines is 1. The maximum absolute atomic E-state index is 12.4. The van der Waals surface area contributed by atoms with Gasteiger partial charge in [0.15, 0.2) is 0 Å². The van der Waals surface area contributed by atoms with Gasteiger partial charge in [0.1, 0.15) is 0 Å². The lowest BCUT2D eigenvalue weighted by Gasteiger charge is -2.23. The molecule has 0 heterocycles. The van der Waals surface area contributed by atoms with Gasteiger partial charge in [-0.2, -0.15) is 0 Å². The zero-order valence-corrected chi connectivity index (χ0v) is 12.7. The predicted molar refractivity (Wildman–Crippen MR) is 81.7 cm³/mol. The van der Waals surface area contributed by atoms with Gasteiger partial charge in [-0.15, -0.1) is 0 Å². The van der Waals surface area contributed by atoms with E-state index in [4.69, 9.17) is 0 Å². The topological polar surface area (TPSA) is 41.1 Å². The smallest absolute Gasteiger partial charge is 0.253 e. The molecule has 19 heavy (non-hydrogen) atoms. The molecule has 0 aliphatic heterocycles. The lowest BCUT2D eigenvalue weighted by Crippen LogP contribution is -2.38. The van der Waals surface area contributed by atoms with E-state index in [9.17, 15) is 4.79 Å². The van der Waals surface area contributed by atoms with E-state index in [0.717, 1.165) is 29.7 Å². The minimum absolute atomic E-state index is 0.00690. The molecule has 1 atom stereocenters. The van der Waals surface area contributed by atoms with Crippen molar-refractivity contribution in [2.75, 3.05) is 12.4 Å². The maximum atomic E-state index is 12.4. The summed E-state index contributed by atoms with van der Waals surface area (Å²) in [6.45, 7) is 8.43. The highest BCUT2D eigenvalue weighted by Gasteiger charge is 2.18. The van der Waals surface area contributed by atoms with Gasteiger partial charge in [0.2, 0.25) is 0 Å². The van der Waals surface area contributed by atoms with Crippen LogP contribution in [0.5, 0.6) is 0 Å². The second-order valence-electron chi connectivity index (χ2n) is 5.14. The maximum Gasteiger partial charge on any atom is 0.253 e. The van der Waals surface area contributed by atoms with Crippen LogP contribution in [0.4, 0.5) is 5.69 Å². The molecule has 0 saturated carbocycles. The van der Waals surface area contributed by atoms with Gasteiger partial charge in [0, 0.05) is 18.8 Å². The summed E-state index contributed by atoms with van der Waals surface area (Å²) < 4.78 is 0. The van der Waals surface area contributed by atoms with Gasteiger partial charge in [0.05, 0.1) is 5.56 Å². The highest BCUT2D eigenvalue weighted by atomic mass is 16.1. The molecule has 3 nitrogen and oxygen atoms in total. The molecule has 0 saturated heterocycles. The second kappa shape index (κ2) is 7.17. The van der Waals surface area contributed by atoms with Gasteiger partial charge in [-0.25, -0.2) is 0 Å². The summed E-state index contributed by atoms with van der Waals surface area (Å²) in [6.07, 6.45) is 2.18. The van der Waals surface area contributed by atoms with E-state index in [2.05, 4.69) is 31.4 Å². The molecule has 0 aromatic heterocycles. The predicted octanol–water partition coefficient (Wildman–Crippen LogP) is 3.59. The van der Waals surface area contributed by atoms with Gasteiger partial charge in [0.25, 0.3) is 5.91 Å². The first-order valence-corrected chi connectivity index (χ1v) is 7.12. The molecular weight excluding hydrogens is 236 g/mol. The SMILES string of the molecule is CCC(CC)C(C)NC(=O)c1cc(C)ccc1NC. The molecular formula is C16H26N2O. The average Bonchev–Trinajstić information content (AvgIpc) is 2.40. The molecule has 0 aliphatic rings. The van der Waals surface area contributed by atoms with Crippen LogP contribution in [-0.4, -0.2) is 19.0 Å². The Hall–Kier alpha value is -1.51. The lowest BCUT2D eigenvalue weighted by atomic mass is 9.95. The summed E-state index contributed by atoms with van der Waals surface area (Å²) in [5, 5.41) is 6.19. The molecule has 0 bridgehead atoms. The van der Waals surface area contributed by atoms with Crippen LogP contribution in [0.25, 0.3) is 0 Å². The van der Waals surface area contributed by atoms with Crippen molar-refractivity contribution in [3.05, 3.63) is 29.3 Å². The van der Waals surface area contributed by atoms with Crippen molar-refractivity contribution in [2.45, 2.75) is 46.6 Å². The summed E-state index contributed by atoms with van der Waals surface area (Å²) in [6, 6.07) is 6.09. The Morgan fingerprint density at radius 2 is 1.89 bits per heavy atom. The molecule has 1 aromatic rings. The first-order valence-electron chi connectivity index (χ1n) is 7.12. The van der Waals surface area contributed by atoms with Crippen molar-refractivity contribution in [2.24, 2.45) is 5.92 Å². The standard InChI is InChI=1S/C16H26N2O/c1-6-13(7-2)12(4)18-16(19)14-10-11(3)8-9-15(14)17-5/h8-10,12-13,17H,6-7H2,1-5H3,(H,18,19). The quantitative estimate of drug-likeness (QED) is 0.822. The molecule has 0 spiro atoms. The van der Waals surface area contributed by atoms with Gasteiger partial charge in [-0.05, 0) is 31.9 Å². The fourth-order valence-corrected chi connectivity index (χ4v) is 2.46. The Balaban J connectivity index is 2.86. The number of carbonyl (C=O) groups is 1. The fourth-order valence-electron chi connectivity index (χ4n) is 2.46. The van der Waals surface area contributed by atoms with Crippen LogP contribution in [0.3, 0.4) is 0 Å². The third-order valence-electron chi connectivity index (χ3n) is 3.80. The van der Waals surface area contributed by atoms with E-state index >= 15 is 0 Å². The normalized spacial score (nSPS) is 12.3. The van der Waals surface area contributed by atoms with Crippen LogP contribution >= 0.6 is 0 Å². The Morgan fingerprint density at radius 1 is 1.26 bits per heavy atom. The first kappa shape index (κ1) is 15.5. The summed E-state index contributed by atoms with van der Waals surface area (Å²) in [5.41, 5.74) is 2.69. The van der Waals surface area contributed by atoms with Gasteiger partial charge >= 0.3 is 0 Å². The van der Waals surface area contributed by atoms with Crippen LogP contribution < -0.4 is 10.6 Å². The zero-order chi connectivity index (χ0) is 14.4. The third-order valence-corrected chi connectivity index (χ3v) is 3.80. The lowest BCUT2D eigenvalue weighted by molar-refractivity contribution is 0.0926. The number of hydrogen-bond acceptors (Lipinski definition) is 2. The van der Waals surface area contributed by atoms with Crippen molar-refractivity contribution in [1.82, 2.24) is 5.32 Å². The Morgan fingerprint density at radius 3 is 2.42 bits per heavy atom. The molecule has 0 fully saturated rings. The Kier molecular flexibility index (Phi) is 5.87. The molecule has 106 valence electrons. The minimum atomic E-state index is 0.00690. The van der Waals surface area contributed by atoms with E-state index in [-0.39, 0.29) is 11.9 Å². The third kappa shape index (κ3) is 3.98. The fraction of sp³-hybridized carbons (Fsp3) is 0.562. The number of amides is 1. The minimum Gasteiger partial charge on any atom is -0.387 e.